The number of hydrogen-bond acceptors (Lipinski definition) is 14. The summed E-state index contributed by atoms with van der Waals surface area (Å²) in [6.07, 6.45) is 8.86. The highest BCUT2D eigenvalue weighted by molar-refractivity contribution is 7.71. The lowest BCUT2D eigenvalue weighted by atomic mass is 9.97. The van der Waals surface area contributed by atoms with Crippen molar-refractivity contribution in [2.45, 2.75) is 166 Å². The molecule has 1 saturated heterocycles. The van der Waals surface area contributed by atoms with Gasteiger partial charge in [0.1, 0.15) is 0 Å². The first-order valence-electron chi connectivity index (χ1n) is 23.5. The summed E-state index contributed by atoms with van der Waals surface area (Å²) in [5, 5.41) is 23.0. The van der Waals surface area contributed by atoms with E-state index >= 15 is 0 Å². The summed E-state index contributed by atoms with van der Waals surface area (Å²) >= 11 is 0. The molecule has 65 heavy (non-hydrogen) atoms. The average molecular weight is 925 g/mol. The van der Waals surface area contributed by atoms with Gasteiger partial charge in [-0.15, -0.1) is 0 Å². The maximum atomic E-state index is 14.1. The topological polar surface area (TPSA) is 190 Å². The number of hydrogen-bond donors (Lipinski definition) is 2. The van der Waals surface area contributed by atoms with Crippen molar-refractivity contribution in [3.8, 4) is 0 Å². The number of aliphatic hydroxyl groups is 2. The third kappa shape index (κ3) is 18.4. The van der Waals surface area contributed by atoms with Gasteiger partial charge in [-0.2, -0.15) is 0 Å². The largest absolute Gasteiger partial charge is 0.457 e. The first-order valence-corrected chi connectivity index (χ1v) is 25.0. The van der Waals surface area contributed by atoms with Crippen molar-refractivity contribution in [1.82, 2.24) is 0 Å². The van der Waals surface area contributed by atoms with Gasteiger partial charge in [0.25, 0.3) is 0 Å². The van der Waals surface area contributed by atoms with Crippen LogP contribution in [0, 0.1) is 0 Å². The molecule has 358 valence electrons. The Morgan fingerprint density at radius 3 is 1.32 bits per heavy atom. The minimum absolute atomic E-state index is 0.0311. The van der Waals surface area contributed by atoms with E-state index in [4.69, 9.17) is 32.7 Å². The van der Waals surface area contributed by atoms with Crippen molar-refractivity contribution < 1.29 is 66.7 Å². The third-order valence-corrected chi connectivity index (χ3v) is 12.7. The number of esters is 3. The normalized spacial score (nSPS) is 19.7. The standard InChI is InChI=1S/C50H69O14P/c1-3-5-6-7-8-9-10-11-12-13-14-15-16-17-18-19-20-30-37-59-65(57,50(56)58-4-2)64-49(55)44-42(61-46(52)39-33-26-22-27-34-39)41(60-45(51)38-31-24-21-25-32-38)43(48(54)63-44)62-47(53)40-35-28-23-29-36-40/h21-29,31-36,41-44,48-49,54-55H,3-20,30,37H2,1-2H3/t41-,42+,43+,44-,48+,49?,65?/m0/s1. The SMILES string of the molecule is CCCCCCCCCCCCCCCCCCCCOP(=O)(OC(O)[C@H]1O[C@@H](O)[C@H](OC(=O)c2ccccc2)[C@@H](OC(=O)c2ccccc2)[C@H]1OC(=O)c1ccccc1)C(=O)OCC. The third-order valence-electron chi connectivity index (χ3n) is 11.1. The lowest BCUT2D eigenvalue weighted by molar-refractivity contribution is -0.311. The van der Waals surface area contributed by atoms with Gasteiger partial charge >= 0.3 is 31.2 Å². The Morgan fingerprint density at radius 1 is 0.554 bits per heavy atom. The van der Waals surface area contributed by atoms with E-state index in [1.807, 2.05) is 0 Å². The Balaban J connectivity index is 1.39. The molecule has 4 rings (SSSR count). The zero-order chi connectivity index (χ0) is 46.7. The molecule has 0 spiro atoms. The van der Waals surface area contributed by atoms with E-state index in [9.17, 15) is 34.0 Å². The van der Waals surface area contributed by atoms with Crippen LogP contribution in [0.1, 0.15) is 160 Å². The molecule has 1 aliphatic heterocycles. The van der Waals surface area contributed by atoms with Crippen LogP contribution in [0.25, 0.3) is 0 Å². The fraction of sp³-hybridized carbons (Fsp3) is 0.560. The highest BCUT2D eigenvalue weighted by Crippen LogP contribution is 2.52. The van der Waals surface area contributed by atoms with Crippen molar-refractivity contribution in [2.75, 3.05) is 13.2 Å². The molecule has 2 unspecified atom stereocenters. The number of carbonyl (C=O) groups is 4. The summed E-state index contributed by atoms with van der Waals surface area (Å²) in [6, 6.07) is 23.1. The first-order chi connectivity index (χ1) is 31.6. The average Bonchev–Trinajstić information content (AvgIpc) is 3.32. The molecule has 14 nitrogen and oxygen atoms in total. The second kappa shape index (κ2) is 30.0. The minimum Gasteiger partial charge on any atom is -0.457 e. The van der Waals surface area contributed by atoms with Crippen LogP contribution in [0.4, 0.5) is 4.79 Å². The fourth-order valence-corrected chi connectivity index (χ4v) is 8.81. The van der Waals surface area contributed by atoms with Crippen LogP contribution in [0.3, 0.4) is 0 Å². The molecule has 0 aliphatic carbocycles. The van der Waals surface area contributed by atoms with Gasteiger partial charge in [0.15, 0.2) is 37.0 Å². The smallest absolute Gasteiger partial charge is 0.440 e. The summed E-state index contributed by atoms with van der Waals surface area (Å²) in [7, 11) is -4.96. The molecular weight excluding hydrogens is 856 g/mol. The highest BCUT2D eigenvalue weighted by Gasteiger charge is 2.56. The molecular formula is C50H69O14P. The second-order valence-electron chi connectivity index (χ2n) is 16.2. The van der Waals surface area contributed by atoms with E-state index in [1.165, 1.54) is 127 Å². The van der Waals surface area contributed by atoms with Crippen molar-refractivity contribution in [3.63, 3.8) is 0 Å². The van der Waals surface area contributed by atoms with Gasteiger partial charge in [0, 0.05) is 0 Å². The maximum absolute atomic E-state index is 14.1. The van der Waals surface area contributed by atoms with E-state index < -0.39 is 68.2 Å². The van der Waals surface area contributed by atoms with Crippen molar-refractivity contribution in [1.29, 1.82) is 0 Å². The monoisotopic (exact) mass is 924 g/mol. The Bertz CT molecular complexity index is 1860. The van der Waals surface area contributed by atoms with E-state index in [1.54, 1.807) is 54.6 Å². The van der Waals surface area contributed by atoms with Crippen molar-refractivity contribution in [2.24, 2.45) is 0 Å². The number of rotatable bonds is 31. The lowest BCUT2D eigenvalue weighted by Crippen LogP contribution is -2.64. The van der Waals surface area contributed by atoms with Crippen LogP contribution in [0.2, 0.25) is 0 Å². The van der Waals surface area contributed by atoms with Crippen LogP contribution in [-0.2, 0) is 37.3 Å². The highest BCUT2D eigenvalue weighted by atomic mass is 31.2. The molecule has 1 fully saturated rings. The molecule has 2 N–H and O–H groups in total. The van der Waals surface area contributed by atoms with Gasteiger partial charge in [0.05, 0.1) is 29.9 Å². The van der Waals surface area contributed by atoms with Gasteiger partial charge in [-0.3, -0.25) is 4.52 Å². The quantitative estimate of drug-likeness (QED) is 0.0204. The summed E-state index contributed by atoms with van der Waals surface area (Å²) in [5.41, 5.74) is -1.25. The zero-order valence-corrected chi connectivity index (χ0v) is 38.9. The summed E-state index contributed by atoms with van der Waals surface area (Å²) in [6.45, 7) is 3.35. The zero-order valence-electron chi connectivity index (χ0n) is 38.0. The van der Waals surface area contributed by atoms with Crippen LogP contribution in [0.15, 0.2) is 91.0 Å². The van der Waals surface area contributed by atoms with Gasteiger partial charge in [-0.05, 0) is 49.7 Å². The number of ether oxygens (including phenoxy) is 5. The molecule has 3 aromatic carbocycles. The van der Waals surface area contributed by atoms with Crippen LogP contribution in [0.5, 0.6) is 0 Å². The Morgan fingerprint density at radius 2 is 0.923 bits per heavy atom. The Labute approximate surface area is 384 Å². The fourth-order valence-electron chi connectivity index (χ4n) is 7.49. The summed E-state index contributed by atoms with van der Waals surface area (Å²) < 4.78 is 53.1. The van der Waals surface area contributed by atoms with Gasteiger partial charge in [-0.1, -0.05) is 171 Å². The molecule has 15 heteroatoms. The van der Waals surface area contributed by atoms with Gasteiger partial charge < -0.3 is 38.4 Å². The van der Waals surface area contributed by atoms with E-state index in [2.05, 4.69) is 6.92 Å². The molecule has 0 aromatic heterocycles. The number of benzene rings is 3. The molecule has 3 aromatic rings. The maximum Gasteiger partial charge on any atom is 0.440 e. The molecule has 0 saturated carbocycles. The summed E-state index contributed by atoms with van der Waals surface area (Å²) in [4.78, 5) is 53.7. The summed E-state index contributed by atoms with van der Waals surface area (Å²) in [5.74, 6) is -2.94. The first kappa shape index (κ1) is 53.2. The molecule has 0 amide bonds. The number of unbranched alkanes of at least 4 members (excludes halogenated alkanes) is 17. The van der Waals surface area contributed by atoms with E-state index in [0.29, 0.717) is 6.42 Å². The van der Waals surface area contributed by atoms with Gasteiger partial charge in [0.2, 0.25) is 0 Å². The molecule has 0 radical (unpaired) electrons. The predicted octanol–water partition coefficient (Wildman–Crippen LogP) is 11.1. The number of carbonyl (C=O) groups excluding carboxylic acids is 4. The number of aliphatic hydroxyl groups excluding tert-OH is 2. The molecule has 1 aliphatic rings. The minimum atomic E-state index is -4.96. The van der Waals surface area contributed by atoms with Crippen molar-refractivity contribution >= 4 is 31.2 Å². The van der Waals surface area contributed by atoms with Crippen LogP contribution < -0.4 is 0 Å². The van der Waals surface area contributed by atoms with Crippen molar-refractivity contribution in [3.05, 3.63) is 108 Å². The Hall–Kier alpha value is -4.43. The second-order valence-corrected chi connectivity index (χ2v) is 18.1. The lowest BCUT2D eigenvalue weighted by Gasteiger charge is -2.44. The van der Waals surface area contributed by atoms with E-state index in [0.717, 1.165) is 25.7 Å². The van der Waals surface area contributed by atoms with Gasteiger partial charge in [-0.25, -0.2) is 23.7 Å². The molecule has 0 bridgehead atoms. The van der Waals surface area contributed by atoms with Crippen LogP contribution in [-0.4, -0.2) is 84.0 Å². The van der Waals surface area contributed by atoms with E-state index in [-0.39, 0.29) is 29.9 Å². The van der Waals surface area contributed by atoms with Crippen LogP contribution >= 0.6 is 7.60 Å². The predicted molar refractivity (Wildman–Crippen MR) is 244 cm³/mol. The molecule has 1 heterocycles. The Kier molecular flexibility index (Phi) is 24.5. The molecule has 7 atom stereocenters.